The number of nitrogens with zero attached hydrogens (tertiary/aromatic N) is 2. The van der Waals surface area contributed by atoms with E-state index in [4.69, 9.17) is 15.7 Å². The number of nitrogens with two attached hydrogens (primary N) is 1. The smallest absolute Gasteiger partial charge is 0.189 e. The lowest BCUT2D eigenvalue weighted by molar-refractivity contribution is -0.00898. The third-order valence-electron chi connectivity index (χ3n) is 2.64. The molecule has 0 aromatic carbocycles. The van der Waals surface area contributed by atoms with Crippen molar-refractivity contribution < 1.29 is 9.94 Å². The van der Waals surface area contributed by atoms with Gasteiger partial charge in [0.25, 0.3) is 0 Å². The molecule has 6 heteroatoms. The molecular weight excluding hydrogens is 244 g/mol. The lowest BCUT2D eigenvalue weighted by atomic mass is 10.1. The van der Waals surface area contributed by atoms with E-state index >= 15 is 0 Å². The van der Waals surface area contributed by atoms with E-state index in [0.717, 1.165) is 5.56 Å². The van der Waals surface area contributed by atoms with Crippen LogP contribution in [0.25, 0.3) is 0 Å². The van der Waals surface area contributed by atoms with Gasteiger partial charge in [-0.05, 0) is 32.4 Å². The first-order valence-electron chi connectivity index (χ1n) is 6.26. The van der Waals surface area contributed by atoms with Crippen molar-refractivity contribution in [3.05, 3.63) is 29.6 Å². The standard InChI is InChI=1S/C13H22N4O2/c1-4-19-13(2,3)9-15-8-10-6-5-7-16-11(10)12(14)17-18/h5-7,15,18H,4,8-9H2,1-3H3,(H2,14,17). The summed E-state index contributed by atoms with van der Waals surface area (Å²) >= 11 is 0. The van der Waals surface area contributed by atoms with E-state index in [1.165, 1.54) is 0 Å². The van der Waals surface area contributed by atoms with Crippen LogP contribution in [-0.2, 0) is 11.3 Å². The molecule has 0 amide bonds. The maximum Gasteiger partial charge on any atom is 0.189 e. The second-order valence-corrected chi connectivity index (χ2v) is 4.79. The maximum atomic E-state index is 8.72. The molecule has 1 aromatic rings. The number of hydrogen-bond donors (Lipinski definition) is 3. The molecule has 0 aliphatic carbocycles. The van der Waals surface area contributed by atoms with Crippen LogP contribution < -0.4 is 11.1 Å². The average molecular weight is 266 g/mol. The lowest BCUT2D eigenvalue weighted by Gasteiger charge is -2.25. The van der Waals surface area contributed by atoms with Gasteiger partial charge in [0, 0.05) is 25.9 Å². The molecule has 0 unspecified atom stereocenters. The molecule has 1 heterocycles. The molecule has 6 nitrogen and oxygen atoms in total. The number of oxime groups is 1. The molecule has 0 atom stereocenters. The van der Waals surface area contributed by atoms with Gasteiger partial charge in [0.05, 0.1) is 5.60 Å². The van der Waals surface area contributed by atoms with Gasteiger partial charge in [0.15, 0.2) is 5.84 Å². The largest absolute Gasteiger partial charge is 0.409 e. The molecular formula is C13H22N4O2. The summed E-state index contributed by atoms with van der Waals surface area (Å²) in [4.78, 5) is 4.11. The Labute approximate surface area is 113 Å². The van der Waals surface area contributed by atoms with Crippen LogP contribution in [0.4, 0.5) is 0 Å². The van der Waals surface area contributed by atoms with Crippen molar-refractivity contribution in [2.45, 2.75) is 32.9 Å². The van der Waals surface area contributed by atoms with Crippen LogP contribution in [0, 0.1) is 0 Å². The van der Waals surface area contributed by atoms with Crippen molar-refractivity contribution in [3.63, 3.8) is 0 Å². The molecule has 0 radical (unpaired) electrons. The molecule has 0 saturated carbocycles. The highest BCUT2D eigenvalue weighted by Crippen LogP contribution is 2.09. The van der Waals surface area contributed by atoms with Gasteiger partial charge in [0.2, 0.25) is 0 Å². The molecule has 0 fully saturated rings. The van der Waals surface area contributed by atoms with E-state index in [1.807, 2.05) is 32.9 Å². The minimum Gasteiger partial charge on any atom is -0.409 e. The monoisotopic (exact) mass is 266 g/mol. The first kappa shape index (κ1) is 15.4. The summed E-state index contributed by atoms with van der Waals surface area (Å²) in [7, 11) is 0. The van der Waals surface area contributed by atoms with Crippen molar-refractivity contribution >= 4 is 5.84 Å². The Morgan fingerprint density at radius 3 is 2.95 bits per heavy atom. The van der Waals surface area contributed by atoms with Gasteiger partial charge in [-0.25, -0.2) is 0 Å². The Bertz CT molecular complexity index is 432. The molecule has 19 heavy (non-hydrogen) atoms. The van der Waals surface area contributed by atoms with Gasteiger partial charge >= 0.3 is 0 Å². The van der Waals surface area contributed by atoms with E-state index in [-0.39, 0.29) is 11.4 Å². The molecule has 0 aliphatic rings. The van der Waals surface area contributed by atoms with Gasteiger partial charge in [0.1, 0.15) is 5.69 Å². The first-order valence-corrected chi connectivity index (χ1v) is 6.26. The van der Waals surface area contributed by atoms with E-state index in [2.05, 4.69) is 15.5 Å². The second-order valence-electron chi connectivity index (χ2n) is 4.79. The summed E-state index contributed by atoms with van der Waals surface area (Å²) < 4.78 is 5.60. The zero-order valence-electron chi connectivity index (χ0n) is 11.7. The van der Waals surface area contributed by atoms with Crippen molar-refractivity contribution in [1.82, 2.24) is 10.3 Å². The minimum absolute atomic E-state index is 0.0152. The average Bonchev–Trinajstić information content (AvgIpc) is 2.38. The molecule has 1 rings (SSSR count). The van der Waals surface area contributed by atoms with Crippen LogP contribution in [0.1, 0.15) is 32.0 Å². The Balaban J connectivity index is 2.64. The topological polar surface area (TPSA) is 92.8 Å². The molecule has 0 bridgehead atoms. The fourth-order valence-electron chi connectivity index (χ4n) is 1.80. The van der Waals surface area contributed by atoms with E-state index in [9.17, 15) is 0 Å². The summed E-state index contributed by atoms with van der Waals surface area (Å²) in [6.45, 7) is 7.98. The normalized spacial score (nSPS) is 12.7. The summed E-state index contributed by atoms with van der Waals surface area (Å²) in [5.41, 5.74) is 6.73. The SMILES string of the molecule is CCOC(C)(C)CNCc1cccnc1/C(N)=N/O. The maximum absolute atomic E-state index is 8.72. The highest BCUT2D eigenvalue weighted by atomic mass is 16.5. The number of rotatable bonds is 7. The number of nitrogens with one attached hydrogen (secondary N) is 1. The van der Waals surface area contributed by atoms with Crippen LogP contribution in [0.5, 0.6) is 0 Å². The number of hydrogen-bond acceptors (Lipinski definition) is 5. The Morgan fingerprint density at radius 2 is 2.32 bits per heavy atom. The molecule has 4 N–H and O–H groups in total. The van der Waals surface area contributed by atoms with Gasteiger partial charge in [-0.1, -0.05) is 11.2 Å². The summed E-state index contributed by atoms with van der Waals surface area (Å²) in [6, 6.07) is 3.71. The predicted molar refractivity (Wildman–Crippen MR) is 74.2 cm³/mol. The summed E-state index contributed by atoms with van der Waals surface area (Å²) in [6.07, 6.45) is 1.61. The Morgan fingerprint density at radius 1 is 1.58 bits per heavy atom. The zero-order valence-corrected chi connectivity index (χ0v) is 11.7. The second kappa shape index (κ2) is 7.06. The fourth-order valence-corrected chi connectivity index (χ4v) is 1.80. The number of aromatic nitrogens is 1. The lowest BCUT2D eigenvalue weighted by Crippen LogP contribution is -2.37. The number of ether oxygens (including phenoxy) is 1. The van der Waals surface area contributed by atoms with E-state index < -0.39 is 0 Å². The fraction of sp³-hybridized carbons (Fsp3) is 0.538. The predicted octanol–water partition coefficient (Wildman–Crippen LogP) is 1.08. The van der Waals surface area contributed by atoms with Gasteiger partial charge in [-0.15, -0.1) is 0 Å². The molecule has 0 saturated heterocycles. The Kier molecular flexibility index (Phi) is 5.72. The third kappa shape index (κ3) is 4.84. The van der Waals surface area contributed by atoms with Crippen LogP contribution in [-0.4, -0.2) is 34.8 Å². The van der Waals surface area contributed by atoms with E-state index in [1.54, 1.807) is 6.20 Å². The first-order chi connectivity index (χ1) is 9.00. The van der Waals surface area contributed by atoms with Crippen LogP contribution in [0.3, 0.4) is 0 Å². The quantitative estimate of drug-likeness (QED) is 0.297. The van der Waals surface area contributed by atoms with Gasteiger partial charge in [-0.3, -0.25) is 4.98 Å². The molecule has 0 aliphatic heterocycles. The van der Waals surface area contributed by atoms with Crippen molar-refractivity contribution in [2.75, 3.05) is 13.2 Å². The summed E-state index contributed by atoms with van der Waals surface area (Å²) in [5, 5.41) is 15.0. The highest BCUT2D eigenvalue weighted by molar-refractivity contribution is 5.96. The minimum atomic E-state index is -0.228. The van der Waals surface area contributed by atoms with Crippen molar-refractivity contribution in [3.8, 4) is 0 Å². The number of pyridine rings is 1. The van der Waals surface area contributed by atoms with Crippen LogP contribution in [0.2, 0.25) is 0 Å². The third-order valence-corrected chi connectivity index (χ3v) is 2.64. The zero-order chi connectivity index (χ0) is 14.3. The van der Waals surface area contributed by atoms with Crippen molar-refractivity contribution in [2.24, 2.45) is 10.9 Å². The van der Waals surface area contributed by atoms with Gasteiger partial charge < -0.3 is 21.0 Å². The number of amidine groups is 1. The van der Waals surface area contributed by atoms with Crippen molar-refractivity contribution in [1.29, 1.82) is 0 Å². The molecule has 0 spiro atoms. The molecule has 106 valence electrons. The van der Waals surface area contributed by atoms with E-state index in [0.29, 0.717) is 25.4 Å². The summed E-state index contributed by atoms with van der Waals surface area (Å²) in [5.74, 6) is 0.0152. The highest BCUT2D eigenvalue weighted by Gasteiger charge is 2.17. The van der Waals surface area contributed by atoms with Crippen LogP contribution in [0.15, 0.2) is 23.5 Å². The Hall–Kier alpha value is -1.66. The molecule has 1 aromatic heterocycles. The van der Waals surface area contributed by atoms with Gasteiger partial charge in [-0.2, -0.15) is 0 Å². The van der Waals surface area contributed by atoms with Crippen LogP contribution >= 0.6 is 0 Å².